The number of nitrogens with one attached hydrogen (secondary N) is 1. The Hall–Kier alpha value is -3.32. The Kier molecular flexibility index (Phi) is 7.99. The molecule has 4 aromatic rings. The minimum atomic E-state index is -4.10. The smallest absolute Gasteiger partial charge is 0.264 e. The van der Waals surface area contributed by atoms with E-state index in [4.69, 9.17) is 23.2 Å². The molecule has 4 rings (SSSR count). The van der Waals surface area contributed by atoms with Gasteiger partial charge in [-0.15, -0.1) is 0 Å². The van der Waals surface area contributed by atoms with Gasteiger partial charge in [0.05, 0.1) is 16.6 Å². The van der Waals surface area contributed by atoms with Gasteiger partial charge in [0.15, 0.2) is 0 Å². The number of hydrogen-bond donors (Lipinski definition) is 1. The highest BCUT2D eigenvalue weighted by Gasteiger charge is 2.28. The maximum absolute atomic E-state index is 13.6. The highest BCUT2D eigenvalue weighted by molar-refractivity contribution is 7.92. The van der Waals surface area contributed by atoms with E-state index < -0.39 is 28.5 Å². The fourth-order valence-corrected chi connectivity index (χ4v) is 5.59. The Morgan fingerprint density at radius 1 is 0.806 bits per heavy atom. The molecule has 1 atom stereocenters. The van der Waals surface area contributed by atoms with Gasteiger partial charge in [0.1, 0.15) is 6.54 Å². The molecule has 0 aliphatic heterocycles. The second kappa shape index (κ2) is 11.2. The van der Waals surface area contributed by atoms with Gasteiger partial charge in [-0.3, -0.25) is 9.10 Å². The Bertz CT molecular complexity index is 1460. The van der Waals surface area contributed by atoms with Gasteiger partial charge in [0, 0.05) is 10.0 Å². The number of carbonyl (C=O) groups is 1. The molecule has 0 saturated carbocycles. The summed E-state index contributed by atoms with van der Waals surface area (Å²) in [6, 6.07) is 29.1. The summed E-state index contributed by atoms with van der Waals surface area (Å²) in [4.78, 5) is 13.4. The zero-order chi connectivity index (χ0) is 25.7. The van der Waals surface area contributed by atoms with Gasteiger partial charge in [0.2, 0.25) is 5.91 Å². The largest absolute Gasteiger partial charge is 0.344 e. The lowest BCUT2D eigenvalue weighted by Crippen LogP contribution is -2.42. The number of halogens is 2. The Morgan fingerprint density at radius 3 is 2.14 bits per heavy atom. The van der Waals surface area contributed by atoms with E-state index in [0.29, 0.717) is 10.0 Å². The number of benzene rings is 4. The molecule has 1 N–H and O–H groups in total. The Labute approximate surface area is 221 Å². The molecular weight excluding hydrogens is 515 g/mol. The number of nitrogens with zero attached hydrogens (tertiary/aromatic N) is 1. The lowest BCUT2D eigenvalue weighted by Gasteiger charge is -2.26. The van der Waals surface area contributed by atoms with Crippen LogP contribution >= 0.6 is 23.2 Å². The molecule has 0 spiro atoms. The molecule has 36 heavy (non-hydrogen) atoms. The van der Waals surface area contributed by atoms with Crippen LogP contribution in [0.1, 0.15) is 22.7 Å². The van der Waals surface area contributed by atoms with E-state index in [1.165, 1.54) is 30.3 Å². The summed E-state index contributed by atoms with van der Waals surface area (Å²) in [6.07, 6.45) is 0. The Balaban J connectivity index is 1.69. The molecule has 0 aromatic heterocycles. The van der Waals surface area contributed by atoms with Crippen LogP contribution in [-0.2, 0) is 14.8 Å². The number of anilines is 1. The molecule has 1 amide bonds. The molecule has 0 bridgehead atoms. The lowest BCUT2D eigenvalue weighted by molar-refractivity contribution is -0.120. The van der Waals surface area contributed by atoms with Gasteiger partial charge < -0.3 is 5.32 Å². The first-order valence-electron chi connectivity index (χ1n) is 11.2. The van der Waals surface area contributed by atoms with Crippen molar-refractivity contribution in [1.82, 2.24) is 5.32 Å². The van der Waals surface area contributed by atoms with Crippen molar-refractivity contribution in [2.45, 2.75) is 17.9 Å². The molecule has 1 unspecified atom stereocenters. The molecule has 0 radical (unpaired) electrons. The van der Waals surface area contributed by atoms with Crippen LogP contribution in [0.4, 0.5) is 5.69 Å². The summed E-state index contributed by atoms with van der Waals surface area (Å²) in [5.74, 6) is -0.470. The second-order valence-electron chi connectivity index (χ2n) is 8.27. The van der Waals surface area contributed by atoms with Gasteiger partial charge in [-0.25, -0.2) is 8.42 Å². The molecule has 4 aromatic carbocycles. The van der Waals surface area contributed by atoms with Crippen molar-refractivity contribution in [3.63, 3.8) is 0 Å². The normalized spacial score (nSPS) is 12.1. The summed E-state index contributed by atoms with van der Waals surface area (Å²) in [5, 5.41) is 3.79. The van der Waals surface area contributed by atoms with Crippen LogP contribution in [-0.4, -0.2) is 20.9 Å². The fourth-order valence-electron chi connectivity index (χ4n) is 3.87. The van der Waals surface area contributed by atoms with Crippen LogP contribution in [0.2, 0.25) is 10.0 Å². The Morgan fingerprint density at radius 2 is 1.47 bits per heavy atom. The van der Waals surface area contributed by atoms with Crippen molar-refractivity contribution in [1.29, 1.82) is 0 Å². The molecule has 5 nitrogen and oxygen atoms in total. The van der Waals surface area contributed by atoms with Gasteiger partial charge in [0.25, 0.3) is 10.0 Å². The van der Waals surface area contributed by atoms with Crippen molar-refractivity contribution >= 4 is 44.8 Å². The number of hydrogen-bond acceptors (Lipinski definition) is 3. The van der Waals surface area contributed by atoms with Crippen LogP contribution in [0.5, 0.6) is 0 Å². The average molecular weight is 539 g/mol. The molecule has 0 saturated heterocycles. The van der Waals surface area contributed by atoms with Gasteiger partial charge in [-0.05, 0) is 60.5 Å². The third kappa shape index (κ3) is 6.08. The summed E-state index contributed by atoms with van der Waals surface area (Å²) < 4.78 is 28.3. The summed E-state index contributed by atoms with van der Waals surface area (Å²) in [7, 11) is -4.10. The highest BCUT2D eigenvalue weighted by atomic mass is 35.5. The SMILES string of the molecule is Cc1cccc(C(NC(=O)CN(c2cccc(Cl)c2)S(=O)(=O)c2ccc(Cl)cc2)c2ccccc2)c1. The number of rotatable bonds is 8. The standard InChI is InChI=1S/C28H24Cl2N2O3S/c1-20-7-5-10-22(17-20)28(21-8-3-2-4-9-21)31-27(33)19-32(25-12-6-11-24(30)18-25)36(34,35)26-15-13-23(29)14-16-26/h2-18,28H,19H2,1H3,(H,31,33). The van der Waals surface area contributed by atoms with E-state index in [9.17, 15) is 13.2 Å². The quantitative estimate of drug-likeness (QED) is 0.282. The van der Waals surface area contributed by atoms with E-state index >= 15 is 0 Å². The van der Waals surface area contributed by atoms with E-state index in [0.717, 1.165) is 21.0 Å². The lowest BCUT2D eigenvalue weighted by atomic mass is 9.97. The molecule has 8 heteroatoms. The van der Waals surface area contributed by atoms with Crippen molar-refractivity contribution in [2.75, 3.05) is 10.8 Å². The summed E-state index contributed by atoms with van der Waals surface area (Å²) in [6.45, 7) is 1.54. The molecule has 0 heterocycles. The minimum absolute atomic E-state index is 0.0120. The van der Waals surface area contributed by atoms with Gasteiger partial charge in [-0.2, -0.15) is 0 Å². The van der Waals surface area contributed by atoms with Crippen LogP contribution in [0.3, 0.4) is 0 Å². The highest BCUT2D eigenvalue weighted by Crippen LogP contribution is 2.28. The van der Waals surface area contributed by atoms with Crippen molar-refractivity contribution < 1.29 is 13.2 Å². The predicted octanol–water partition coefficient (Wildman–Crippen LogP) is 6.40. The van der Waals surface area contributed by atoms with Crippen molar-refractivity contribution in [3.8, 4) is 0 Å². The van der Waals surface area contributed by atoms with Gasteiger partial charge >= 0.3 is 0 Å². The zero-order valence-electron chi connectivity index (χ0n) is 19.4. The predicted molar refractivity (Wildman–Crippen MR) is 145 cm³/mol. The molecule has 0 aliphatic rings. The van der Waals surface area contributed by atoms with Crippen molar-refractivity contribution in [2.24, 2.45) is 0 Å². The first-order valence-corrected chi connectivity index (χ1v) is 13.4. The van der Waals surface area contributed by atoms with E-state index in [-0.39, 0.29) is 10.6 Å². The minimum Gasteiger partial charge on any atom is -0.344 e. The first-order chi connectivity index (χ1) is 17.2. The van der Waals surface area contributed by atoms with Gasteiger partial charge in [-0.1, -0.05) is 89.4 Å². The van der Waals surface area contributed by atoms with Crippen LogP contribution in [0.15, 0.2) is 108 Å². The maximum atomic E-state index is 13.6. The second-order valence-corrected chi connectivity index (χ2v) is 11.0. The topological polar surface area (TPSA) is 66.5 Å². The number of aryl methyl sites for hydroxylation is 1. The maximum Gasteiger partial charge on any atom is 0.264 e. The molecule has 184 valence electrons. The number of carbonyl (C=O) groups excluding carboxylic acids is 1. The first kappa shape index (κ1) is 25.8. The van der Waals surface area contributed by atoms with E-state index in [1.54, 1.807) is 18.2 Å². The number of sulfonamides is 1. The third-order valence-corrected chi connectivity index (χ3v) is 7.87. The van der Waals surface area contributed by atoms with Crippen LogP contribution < -0.4 is 9.62 Å². The average Bonchev–Trinajstić information content (AvgIpc) is 2.86. The van der Waals surface area contributed by atoms with E-state index in [1.807, 2.05) is 61.5 Å². The van der Waals surface area contributed by atoms with Crippen LogP contribution in [0.25, 0.3) is 0 Å². The summed E-state index contributed by atoms with van der Waals surface area (Å²) >= 11 is 12.1. The van der Waals surface area contributed by atoms with E-state index in [2.05, 4.69) is 5.32 Å². The van der Waals surface area contributed by atoms with Crippen LogP contribution in [0, 0.1) is 6.92 Å². The molecule has 0 fully saturated rings. The zero-order valence-corrected chi connectivity index (χ0v) is 21.8. The van der Waals surface area contributed by atoms with Crippen molar-refractivity contribution in [3.05, 3.63) is 130 Å². The molecular formula is C28H24Cl2N2O3S. The summed E-state index contributed by atoms with van der Waals surface area (Å²) in [5.41, 5.74) is 3.10. The third-order valence-electron chi connectivity index (χ3n) is 5.60. The molecule has 0 aliphatic carbocycles. The number of amides is 1. The monoisotopic (exact) mass is 538 g/mol. The fraction of sp³-hybridized carbons (Fsp3) is 0.107.